The van der Waals surface area contributed by atoms with Crippen LogP contribution in [0.3, 0.4) is 0 Å². The van der Waals surface area contributed by atoms with Gasteiger partial charge in [-0.05, 0) is 25.5 Å². The SMILES string of the molecule is CCN(CC)c1ccc(CNC(=NC)NCc2ncc(C(C)(C)C)o2)cn1. The van der Waals surface area contributed by atoms with Crippen LogP contribution >= 0.6 is 0 Å². The molecule has 0 fully saturated rings. The van der Waals surface area contributed by atoms with E-state index in [9.17, 15) is 0 Å². The van der Waals surface area contributed by atoms with E-state index in [-0.39, 0.29) is 5.41 Å². The zero-order valence-corrected chi connectivity index (χ0v) is 17.3. The maximum Gasteiger partial charge on any atom is 0.213 e. The molecule has 0 aliphatic heterocycles. The van der Waals surface area contributed by atoms with Crippen molar-refractivity contribution in [3.05, 3.63) is 41.7 Å². The van der Waals surface area contributed by atoms with Gasteiger partial charge in [0, 0.05) is 38.3 Å². The van der Waals surface area contributed by atoms with Crippen LogP contribution in [-0.2, 0) is 18.5 Å². The average Bonchev–Trinajstić information content (AvgIpc) is 3.13. The van der Waals surface area contributed by atoms with Gasteiger partial charge in [-0.3, -0.25) is 4.99 Å². The Kier molecular flexibility index (Phi) is 7.21. The smallest absolute Gasteiger partial charge is 0.213 e. The second kappa shape index (κ2) is 9.39. The predicted molar refractivity (Wildman–Crippen MR) is 110 cm³/mol. The van der Waals surface area contributed by atoms with Crippen molar-refractivity contribution in [2.45, 2.75) is 53.1 Å². The summed E-state index contributed by atoms with van der Waals surface area (Å²) >= 11 is 0. The minimum absolute atomic E-state index is 0.0462. The highest BCUT2D eigenvalue weighted by atomic mass is 16.4. The first-order chi connectivity index (χ1) is 12.9. The van der Waals surface area contributed by atoms with Crippen molar-refractivity contribution in [2.75, 3.05) is 25.0 Å². The summed E-state index contributed by atoms with van der Waals surface area (Å²) in [6.45, 7) is 13.6. The Morgan fingerprint density at radius 1 is 1.07 bits per heavy atom. The van der Waals surface area contributed by atoms with Gasteiger partial charge < -0.3 is 20.0 Å². The van der Waals surface area contributed by atoms with Gasteiger partial charge in [-0.1, -0.05) is 26.8 Å². The predicted octanol–water partition coefficient (Wildman–Crippen LogP) is 3.08. The second-order valence-electron chi connectivity index (χ2n) is 7.34. The van der Waals surface area contributed by atoms with E-state index in [2.05, 4.69) is 77.2 Å². The highest BCUT2D eigenvalue weighted by Crippen LogP contribution is 2.22. The Labute approximate surface area is 162 Å². The first kappa shape index (κ1) is 20.7. The fourth-order valence-electron chi connectivity index (χ4n) is 2.56. The van der Waals surface area contributed by atoms with Crippen LogP contribution < -0.4 is 15.5 Å². The van der Waals surface area contributed by atoms with Crippen molar-refractivity contribution >= 4 is 11.8 Å². The highest BCUT2D eigenvalue weighted by molar-refractivity contribution is 5.79. The number of aliphatic imine (C=N–C) groups is 1. The molecule has 0 unspecified atom stereocenters. The number of hydrogen-bond donors (Lipinski definition) is 2. The number of aromatic nitrogens is 2. The first-order valence-electron chi connectivity index (χ1n) is 9.47. The molecule has 2 N–H and O–H groups in total. The van der Waals surface area contributed by atoms with Gasteiger partial charge in [0.2, 0.25) is 5.89 Å². The number of nitrogens with one attached hydrogen (secondary N) is 2. The Balaban J connectivity index is 1.86. The van der Waals surface area contributed by atoms with Gasteiger partial charge in [-0.15, -0.1) is 0 Å². The number of anilines is 1. The van der Waals surface area contributed by atoms with E-state index in [1.165, 1.54) is 0 Å². The number of nitrogens with zero attached hydrogens (tertiary/aromatic N) is 4. The zero-order valence-electron chi connectivity index (χ0n) is 17.3. The van der Waals surface area contributed by atoms with Crippen molar-refractivity contribution in [3.63, 3.8) is 0 Å². The van der Waals surface area contributed by atoms with Crippen molar-refractivity contribution in [3.8, 4) is 0 Å². The van der Waals surface area contributed by atoms with Crippen LogP contribution in [0, 0.1) is 0 Å². The van der Waals surface area contributed by atoms with Gasteiger partial charge in [0.25, 0.3) is 0 Å². The van der Waals surface area contributed by atoms with Crippen molar-refractivity contribution in [1.82, 2.24) is 20.6 Å². The number of pyridine rings is 1. The molecule has 0 spiro atoms. The summed E-state index contributed by atoms with van der Waals surface area (Å²) < 4.78 is 5.79. The summed E-state index contributed by atoms with van der Waals surface area (Å²) in [7, 11) is 1.74. The lowest BCUT2D eigenvalue weighted by Crippen LogP contribution is -2.36. The van der Waals surface area contributed by atoms with Gasteiger partial charge in [-0.25, -0.2) is 9.97 Å². The molecule has 7 heteroatoms. The number of rotatable bonds is 7. The quantitative estimate of drug-likeness (QED) is 0.574. The summed E-state index contributed by atoms with van der Waals surface area (Å²) in [5.41, 5.74) is 1.05. The van der Waals surface area contributed by atoms with Gasteiger partial charge in [0.05, 0.1) is 12.7 Å². The third-order valence-electron chi connectivity index (χ3n) is 4.28. The van der Waals surface area contributed by atoms with E-state index >= 15 is 0 Å². The van der Waals surface area contributed by atoms with Gasteiger partial charge in [0.1, 0.15) is 11.6 Å². The van der Waals surface area contributed by atoms with Crippen molar-refractivity contribution < 1.29 is 4.42 Å². The van der Waals surface area contributed by atoms with E-state index in [1.54, 1.807) is 13.2 Å². The molecule has 0 saturated carbocycles. The Bertz CT molecular complexity index is 726. The topological polar surface area (TPSA) is 78.6 Å². The molecule has 0 saturated heterocycles. The third kappa shape index (κ3) is 5.98. The minimum atomic E-state index is -0.0462. The zero-order chi connectivity index (χ0) is 19.9. The van der Waals surface area contributed by atoms with E-state index in [4.69, 9.17) is 4.42 Å². The van der Waals surface area contributed by atoms with Crippen LogP contribution in [-0.4, -0.2) is 36.1 Å². The summed E-state index contributed by atoms with van der Waals surface area (Å²) in [6.07, 6.45) is 3.69. The number of hydrogen-bond acceptors (Lipinski definition) is 5. The molecule has 27 heavy (non-hydrogen) atoms. The molecule has 2 heterocycles. The Morgan fingerprint density at radius 2 is 1.78 bits per heavy atom. The van der Waals surface area contributed by atoms with Gasteiger partial charge in [0.15, 0.2) is 5.96 Å². The van der Waals surface area contributed by atoms with E-state index in [0.717, 1.165) is 30.2 Å². The third-order valence-corrected chi connectivity index (χ3v) is 4.28. The largest absolute Gasteiger partial charge is 0.443 e. The Hall–Kier alpha value is -2.57. The number of guanidine groups is 1. The molecular weight excluding hydrogens is 340 g/mol. The molecule has 0 bridgehead atoms. The molecule has 0 amide bonds. The minimum Gasteiger partial charge on any atom is -0.443 e. The average molecular weight is 373 g/mol. The molecular formula is C20H32N6O. The molecule has 0 aromatic carbocycles. The summed E-state index contributed by atoms with van der Waals surface area (Å²) in [5.74, 6) is 3.22. The molecule has 0 aliphatic carbocycles. The molecule has 0 aliphatic rings. The van der Waals surface area contributed by atoms with Crippen LogP contribution in [0.1, 0.15) is 51.8 Å². The van der Waals surface area contributed by atoms with Gasteiger partial charge >= 0.3 is 0 Å². The maximum absolute atomic E-state index is 5.79. The summed E-state index contributed by atoms with van der Waals surface area (Å²) in [5, 5.41) is 6.51. The van der Waals surface area contributed by atoms with Crippen LogP contribution in [0.4, 0.5) is 5.82 Å². The van der Waals surface area contributed by atoms with Gasteiger partial charge in [-0.2, -0.15) is 0 Å². The highest BCUT2D eigenvalue weighted by Gasteiger charge is 2.19. The molecule has 2 aromatic heterocycles. The maximum atomic E-state index is 5.79. The fourth-order valence-corrected chi connectivity index (χ4v) is 2.56. The lowest BCUT2D eigenvalue weighted by Gasteiger charge is -2.19. The van der Waals surface area contributed by atoms with Crippen LogP contribution in [0.2, 0.25) is 0 Å². The normalized spacial score (nSPS) is 12.1. The monoisotopic (exact) mass is 372 g/mol. The molecule has 7 nitrogen and oxygen atoms in total. The van der Waals surface area contributed by atoms with E-state index in [1.807, 2.05) is 6.20 Å². The second-order valence-corrected chi connectivity index (χ2v) is 7.34. The first-order valence-corrected chi connectivity index (χ1v) is 9.47. The molecule has 0 atom stereocenters. The lowest BCUT2D eigenvalue weighted by molar-refractivity contribution is 0.379. The summed E-state index contributed by atoms with van der Waals surface area (Å²) in [6, 6.07) is 4.14. The standard InChI is InChI=1S/C20H32N6O/c1-7-26(8-2)17-10-9-15(11-22-17)12-24-19(21-6)25-14-18-23-13-16(27-18)20(3,4)5/h9-11,13H,7-8,12,14H2,1-6H3,(H2,21,24,25). The lowest BCUT2D eigenvalue weighted by atomic mass is 9.94. The summed E-state index contributed by atoms with van der Waals surface area (Å²) in [4.78, 5) is 15.3. The van der Waals surface area contributed by atoms with Crippen LogP contribution in [0.15, 0.2) is 33.9 Å². The molecule has 148 valence electrons. The molecule has 2 rings (SSSR count). The fraction of sp³-hybridized carbons (Fsp3) is 0.550. The van der Waals surface area contributed by atoms with Crippen LogP contribution in [0.25, 0.3) is 0 Å². The van der Waals surface area contributed by atoms with Crippen LogP contribution in [0.5, 0.6) is 0 Å². The molecule has 0 radical (unpaired) electrons. The van der Waals surface area contributed by atoms with E-state index < -0.39 is 0 Å². The van der Waals surface area contributed by atoms with Crippen molar-refractivity contribution in [2.24, 2.45) is 4.99 Å². The Morgan fingerprint density at radius 3 is 2.30 bits per heavy atom. The van der Waals surface area contributed by atoms with Crippen molar-refractivity contribution in [1.29, 1.82) is 0 Å². The molecule has 2 aromatic rings. The van der Waals surface area contributed by atoms with E-state index in [0.29, 0.717) is 24.9 Å². The number of oxazole rings is 1.